The van der Waals surface area contributed by atoms with E-state index in [1.165, 1.54) is 30.7 Å². The van der Waals surface area contributed by atoms with Crippen molar-refractivity contribution in [1.82, 2.24) is 14.9 Å². The third kappa shape index (κ3) is 3.58. The summed E-state index contributed by atoms with van der Waals surface area (Å²) in [5.41, 5.74) is 1.17. The maximum absolute atomic E-state index is 13.9. The van der Waals surface area contributed by atoms with Gasteiger partial charge >= 0.3 is 0 Å². The molecule has 0 radical (unpaired) electrons. The van der Waals surface area contributed by atoms with Gasteiger partial charge in [-0.05, 0) is 37.1 Å². The average molecular weight is 369 g/mol. The molecular formula is C20H17F2N3O2. The highest BCUT2D eigenvalue weighted by atomic mass is 19.1. The Morgan fingerprint density at radius 3 is 2.81 bits per heavy atom. The molecule has 1 fully saturated rings. The van der Waals surface area contributed by atoms with E-state index in [2.05, 4.69) is 9.97 Å². The fourth-order valence-electron chi connectivity index (χ4n) is 3.32. The minimum Gasteiger partial charge on any atom is -0.448 e. The molecule has 0 spiro atoms. The molecular weight excluding hydrogens is 352 g/mol. The number of carbonyl (C=O) groups is 1. The molecule has 1 aromatic carbocycles. The third-order valence-corrected chi connectivity index (χ3v) is 4.70. The van der Waals surface area contributed by atoms with Crippen LogP contribution in [0.25, 0.3) is 11.3 Å². The maximum atomic E-state index is 13.9. The normalized spacial score (nSPS) is 17.1. The smallest absolute Gasteiger partial charge is 0.255 e. The predicted molar refractivity (Wildman–Crippen MR) is 94.0 cm³/mol. The maximum Gasteiger partial charge on any atom is 0.255 e. The summed E-state index contributed by atoms with van der Waals surface area (Å²) < 4.78 is 32.5. The summed E-state index contributed by atoms with van der Waals surface area (Å²) >= 11 is 0. The molecule has 3 heterocycles. The monoisotopic (exact) mass is 369 g/mol. The zero-order chi connectivity index (χ0) is 18.8. The molecule has 1 aliphatic heterocycles. The van der Waals surface area contributed by atoms with Crippen LogP contribution in [0.5, 0.6) is 0 Å². The van der Waals surface area contributed by atoms with Crippen molar-refractivity contribution >= 4 is 5.91 Å². The van der Waals surface area contributed by atoms with E-state index in [-0.39, 0.29) is 17.6 Å². The van der Waals surface area contributed by atoms with Gasteiger partial charge in [0.25, 0.3) is 5.91 Å². The molecule has 1 atom stereocenters. The highest BCUT2D eigenvalue weighted by molar-refractivity contribution is 5.94. The average Bonchev–Trinajstić information content (AvgIpc) is 3.18. The Labute approximate surface area is 154 Å². The summed E-state index contributed by atoms with van der Waals surface area (Å²) in [6.45, 7) is 1.04. The van der Waals surface area contributed by atoms with Gasteiger partial charge in [0.15, 0.2) is 5.89 Å². The number of oxazole rings is 1. The molecule has 5 nitrogen and oxygen atoms in total. The van der Waals surface area contributed by atoms with Crippen LogP contribution in [-0.2, 0) is 0 Å². The van der Waals surface area contributed by atoms with E-state index < -0.39 is 5.95 Å². The lowest BCUT2D eigenvalue weighted by molar-refractivity contribution is 0.0697. The van der Waals surface area contributed by atoms with E-state index in [9.17, 15) is 13.6 Å². The van der Waals surface area contributed by atoms with Gasteiger partial charge in [-0.15, -0.1) is 0 Å². The molecule has 4 rings (SSSR count). The summed E-state index contributed by atoms with van der Waals surface area (Å²) in [6, 6.07) is 8.98. The van der Waals surface area contributed by atoms with Crippen LogP contribution in [0.3, 0.4) is 0 Å². The van der Waals surface area contributed by atoms with E-state index >= 15 is 0 Å². The van der Waals surface area contributed by atoms with Gasteiger partial charge in [0.2, 0.25) is 5.95 Å². The zero-order valence-electron chi connectivity index (χ0n) is 14.4. The molecule has 0 bridgehead atoms. The number of nitrogens with zero attached hydrogens (tertiary/aromatic N) is 3. The van der Waals surface area contributed by atoms with Gasteiger partial charge in [0.05, 0.1) is 11.5 Å². The van der Waals surface area contributed by atoms with E-state index in [1.807, 2.05) is 0 Å². The SMILES string of the molecule is O=C(c1ccc(F)nc1)N1CCC[C@H](c2nc(-c3ccccc3F)co2)C1. The standard InChI is InChI=1S/C20H17F2N3O2/c21-16-6-2-1-5-15(16)17-12-27-19(24-17)14-4-3-9-25(11-14)20(26)13-7-8-18(22)23-10-13/h1-2,5-8,10,12,14H,3-4,9,11H2/t14-/m0/s1. The molecule has 0 unspecified atom stereocenters. The first-order valence-electron chi connectivity index (χ1n) is 8.73. The van der Waals surface area contributed by atoms with Crippen LogP contribution in [0.2, 0.25) is 0 Å². The van der Waals surface area contributed by atoms with Crippen LogP contribution >= 0.6 is 0 Å². The summed E-state index contributed by atoms with van der Waals surface area (Å²) in [4.78, 5) is 22.3. The van der Waals surface area contributed by atoms with Crippen LogP contribution in [0.4, 0.5) is 8.78 Å². The predicted octanol–water partition coefficient (Wildman–Crippen LogP) is 4.03. The minimum absolute atomic E-state index is 0.0726. The van der Waals surface area contributed by atoms with Crippen LogP contribution in [0, 0.1) is 11.8 Å². The topological polar surface area (TPSA) is 59.2 Å². The highest BCUT2D eigenvalue weighted by Gasteiger charge is 2.29. The summed E-state index contributed by atoms with van der Waals surface area (Å²) in [5.74, 6) is -0.766. The number of hydrogen-bond acceptors (Lipinski definition) is 4. The Bertz CT molecular complexity index is 956. The van der Waals surface area contributed by atoms with Crippen LogP contribution in [0.1, 0.15) is 35.0 Å². The molecule has 138 valence electrons. The second-order valence-electron chi connectivity index (χ2n) is 6.51. The fraction of sp³-hybridized carbons (Fsp3) is 0.250. The summed E-state index contributed by atoms with van der Waals surface area (Å²) in [7, 11) is 0. The summed E-state index contributed by atoms with van der Waals surface area (Å²) in [6.07, 6.45) is 4.30. The number of pyridine rings is 1. The number of aromatic nitrogens is 2. The number of piperidine rings is 1. The first kappa shape index (κ1) is 17.3. The Morgan fingerprint density at radius 1 is 1.19 bits per heavy atom. The molecule has 2 aromatic heterocycles. The van der Waals surface area contributed by atoms with Gasteiger partial charge in [-0.3, -0.25) is 4.79 Å². The van der Waals surface area contributed by atoms with Crippen LogP contribution in [-0.4, -0.2) is 33.9 Å². The number of amides is 1. The number of hydrogen-bond donors (Lipinski definition) is 0. The number of carbonyl (C=O) groups excluding carboxylic acids is 1. The lowest BCUT2D eigenvalue weighted by Crippen LogP contribution is -2.39. The quantitative estimate of drug-likeness (QED) is 0.654. The van der Waals surface area contributed by atoms with E-state index in [0.29, 0.717) is 35.8 Å². The Kier molecular flexibility index (Phi) is 4.66. The van der Waals surface area contributed by atoms with Crippen molar-refractivity contribution in [2.24, 2.45) is 0 Å². The van der Waals surface area contributed by atoms with E-state index in [0.717, 1.165) is 12.8 Å². The van der Waals surface area contributed by atoms with Crippen molar-refractivity contribution in [3.63, 3.8) is 0 Å². The molecule has 7 heteroatoms. The van der Waals surface area contributed by atoms with E-state index in [1.54, 1.807) is 23.1 Å². The number of benzene rings is 1. The number of rotatable bonds is 3. The lowest BCUT2D eigenvalue weighted by atomic mass is 9.97. The largest absolute Gasteiger partial charge is 0.448 e. The Balaban J connectivity index is 1.51. The molecule has 0 N–H and O–H groups in total. The molecule has 27 heavy (non-hydrogen) atoms. The van der Waals surface area contributed by atoms with Gasteiger partial charge < -0.3 is 9.32 Å². The number of halogens is 2. The van der Waals surface area contributed by atoms with Gasteiger partial charge in [0, 0.05) is 24.8 Å². The highest BCUT2D eigenvalue weighted by Crippen LogP contribution is 2.30. The third-order valence-electron chi connectivity index (χ3n) is 4.70. The second-order valence-corrected chi connectivity index (χ2v) is 6.51. The first-order valence-corrected chi connectivity index (χ1v) is 8.73. The molecule has 0 saturated carbocycles. The van der Waals surface area contributed by atoms with Gasteiger partial charge in [0.1, 0.15) is 17.8 Å². The zero-order valence-corrected chi connectivity index (χ0v) is 14.4. The Hall–Kier alpha value is -3.09. The van der Waals surface area contributed by atoms with Gasteiger partial charge in [-0.2, -0.15) is 4.39 Å². The molecule has 1 amide bonds. The lowest BCUT2D eigenvalue weighted by Gasteiger charge is -2.31. The summed E-state index contributed by atoms with van der Waals surface area (Å²) in [5, 5.41) is 0. The Morgan fingerprint density at radius 2 is 2.04 bits per heavy atom. The van der Waals surface area contributed by atoms with Gasteiger partial charge in [-0.25, -0.2) is 14.4 Å². The van der Waals surface area contributed by atoms with Crippen molar-refractivity contribution in [3.05, 3.63) is 72.1 Å². The number of likely N-dealkylation sites (tertiary alicyclic amines) is 1. The molecule has 1 saturated heterocycles. The molecule has 0 aliphatic carbocycles. The molecule has 1 aliphatic rings. The van der Waals surface area contributed by atoms with Gasteiger partial charge in [-0.1, -0.05) is 12.1 Å². The van der Waals surface area contributed by atoms with Crippen molar-refractivity contribution in [3.8, 4) is 11.3 Å². The van der Waals surface area contributed by atoms with Crippen molar-refractivity contribution in [1.29, 1.82) is 0 Å². The molecule has 3 aromatic rings. The fourth-order valence-corrected chi connectivity index (χ4v) is 3.32. The van der Waals surface area contributed by atoms with Crippen LogP contribution in [0.15, 0.2) is 53.3 Å². The first-order chi connectivity index (χ1) is 13.1. The van der Waals surface area contributed by atoms with Crippen molar-refractivity contribution < 1.29 is 18.0 Å². The van der Waals surface area contributed by atoms with Crippen LogP contribution < -0.4 is 0 Å². The minimum atomic E-state index is -0.622. The van der Waals surface area contributed by atoms with E-state index in [4.69, 9.17) is 4.42 Å². The van der Waals surface area contributed by atoms with Crippen molar-refractivity contribution in [2.45, 2.75) is 18.8 Å². The second kappa shape index (κ2) is 7.26. The van der Waals surface area contributed by atoms with Crippen molar-refractivity contribution in [2.75, 3.05) is 13.1 Å².